The molecule has 0 fully saturated rings. The summed E-state index contributed by atoms with van der Waals surface area (Å²) < 4.78 is 10.5. The summed E-state index contributed by atoms with van der Waals surface area (Å²) in [6.45, 7) is 12.6. The standard InChI is InChI=1S/C29H36ClN5O3/c1-17-19(3)35(16-20-14-31-33(7)15-20)27-23(17)25(21-10-12-22(30)13-11-21)24(18(2)32-27)26(38-29(4,5)6)28(36)34(8)37-9/h10-15,26H,16H2,1-9H3. The van der Waals surface area contributed by atoms with Gasteiger partial charge in [-0.1, -0.05) is 23.7 Å². The van der Waals surface area contributed by atoms with Crippen molar-refractivity contribution in [3.63, 3.8) is 0 Å². The Labute approximate surface area is 229 Å². The quantitative estimate of drug-likeness (QED) is 0.273. The molecule has 0 N–H and O–H groups in total. The number of likely N-dealkylation sites (N-methyl/N-ethyl adjacent to an activating group) is 1. The molecule has 0 aliphatic rings. The zero-order valence-electron chi connectivity index (χ0n) is 23.6. The molecule has 1 atom stereocenters. The highest BCUT2D eigenvalue weighted by Gasteiger charge is 2.35. The van der Waals surface area contributed by atoms with E-state index in [4.69, 9.17) is 26.2 Å². The zero-order chi connectivity index (χ0) is 27.9. The summed E-state index contributed by atoms with van der Waals surface area (Å²) in [5.41, 5.74) is 6.75. The number of hydrogen-bond acceptors (Lipinski definition) is 5. The van der Waals surface area contributed by atoms with Gasteiger partial charge in [0.05, 0.1) is 25.5 Å². The Bertz CT molecular complexity index is 1480. The second kappa shape index (κ2) is 10.5. The number of hydroxylamine groups is 2. The third kappa shape index (κ3) is 5.34. The van der Waals surface area contributed by atoms with Gasteiger partial charge >= 0.3 is 0 Å². The molecule has 1 amide bonds. The van der Waals surface area contributed by atoms with Gasteiger partial charge in [0.15, 0.2) is 6.10 Å². The van der Waals surface area contributed by atoms with E-state index in [1.54, 1.807) is 11.7 Å². The molecule has 1 unspecified atom stereocenters. The largest absolute Gasteiger partial charge is 0.358 e. The van der Waals surface area contributed by atoms with Crippen molar-refractivity contribution in [3.8, 4) is 11.1 Å². The van der Waals surface area contributed by atoms with Crippen molar-refractivity contribution in [2.24, 2.45) is 7.05 Å². The zero-order valence-corrected chi connectivity index (χ0v) is 24.3. The highest BCUT2D eigenvalue weighted by molar-refractivity contribution is 6.30. The van der Waals surface area contributed by atoms with E-state index in [1.807, 2.05) is 71.4 Å². The lowest BCUT2D eigenvalue weighted by molar-refractivity contribution is -0.189. The van der Waals surface area contributed by atoms with Gasteiger partial charge in [-0.3, -0.25) is 14.3 Å². The predicted octanol–water partition coefficient (Wildman–Crippen LogP) is 5.94. The summed E-state index contributed by atoms with van der Waals surface area (Å²) >= 11 is 6.28. The molecule has 3 heterocycles. The van der Waals surface area contributed by atoms with Crippen LogP contribution in [0.15, 0.2) is 36.7 Å². The average molecular weight is 538 g/mol. The third-order valence-electron chi connectivity index (χ3n) is 6.76. The van der Waals surface area contributed by atoms with Crippen LogP contribution in [0.2, 0.25) is 5.02 Å². The first-order valence-corrected chi connectivity index (χ1v) is 12.9. The van der Waals surface area contributed by atoms with Gasteiger partial charge in [-0.2, -0.15) is 5.10 Å². The number of fused-ring (bicyclic) bond motifs is 1. The first-order chi connectivity index (χ1) is 17.8. The number of amides is 1. The summed E-state index contributed by atoms with van der Waals surface area (Å²) in [6, 6.07) is 7.68. The van der Waals surface area contributed by atoms with Crippen molar-refractivity contribution in [2.45, 2.75) is 59.8 Å². The van der Waals surface area contributed by atoms with E-state index in [-0.39, 0.29) is 5.91 Å². The summed E-state index contributed by atoms with van der Waals surface area (Å²) in [4.78, 5) is 24.1. The SMILES string of the molecule is CON(C)C(=O)C(OC(C)(C)C)c1c(C)nc2c(c(C)c(C)n2Cc2cnn(C)c2)c1-c1ccc(Cl)cc1. The summed E-state index contributed by atoms with van der Waals surface area (Å²) in [5.74, 6) is -0.314. The molecule has 3 aromatic heterocycles. The Balaban J connectivity index is 2.08. The molecular formula is C29H36ClN5O3. The smallest absolute Gasteiger partial charge is 0.279 e. The molecule has 9 heteroatoms. The van der Waals surface area contributed by atoms with Crippen molar-refractivity contribution >= 4 is 28.5 Å². The fraction of sp³-hybridized carbons (Fsp3) is 0.414. The molecular weight excluding hydrogens is 502 g/mol. The molecule has 0 bridgehead atoms. The summed E-state index contributed by atoms with van der Waals surface area (Å²) in [7, 11) is 4.96. The highest BCUT2D eigenvalue weighted by atomic mass is 35.5. The third-order valence-corrected chi connectivity index (χ3v) is 7.01. The first kappa shape index (κ1) is 27.8. The number of rotatable bonds is 7. The molecule has 0 spiro atoms. The van der Waals surface area contributed by atoms with Gasteiger partial charge in [0.2, 0.25) is 0 Å². The number of hydrogen-bond donors (Lipinski definition) is 0. The second-order valence-corrected chi connectivity index (χ2v) is 11.1. The number of carbonyl (C=O) groups excluding carboxylic acids is 1. The van der Waals surface area contributed by atoms with Crippen LogP contribution in [0.4, 0.5) is 0 Å². The Morgan fingerprint density at radius 3 is 2.37 bits per heavy atom. The Morgan fingerprint density at radius 2 is 1.82 bits per heavy atom. The maximum atomic E-state index is 13.7. The van der Waals surface area contributed by atoms with Gasteiger partial charge in [-0.25, -0.2) is 10.0 Å². The lowest BCUT2D eigenvalue weighted by Gasteiger charge is -2.31. The Kier molecular flexibility index (Phi) is 7.70. The summed E-state index contributed by atoms with van der Waals surface area (Å²) in [6.07, 6.45) is 2.94. The van der Waals surface area contributed by atoms with Crippen LogP contribution >= 0.6 is 11.6 Å². The number of halogens is 1. The molecule has 202 valence electrons. The van der Waals surface area contributed by atoms with Crippen LogP contribution in [0, 0.1) is 20.8 Å². The topological polar surface area (TPSA) is 74.4 Å². The van der Waals surface area contributed by atoms with Gasteiger partial charge in [0.25, 0.3) is 5.91 Å². The number of ether oxygens (including phenoxy) is 1. The fourth-order valence-corrected chi connectivity index (χ4v) is 4.93. The minimum atomic E-state index is -0.941. The second-order valence-electron chi connectivity index (χ2n) is 10.6. The maximum Gasteiger partial charge on any atom is 0.279 e. The van der Waals surface area contributed by atoms with E-state index in [9.17, 15) is 4.79 Å². The molecule has 0 radical (unpaired) electrons. The molecule has 0 saturated carbocycles. The molecule has 4 aromatic rings. The van der Waals surface area contributed by atoms with Crippen LogP contribution in [0.3, 0.4) is 0 Å². The predicted molar refractivity (Wildman–Crippen MR) is 150 cm³/mol. The van der Waals surface area contributed by atoms with Crippen molar-refractivity contribution in [3.05, 3.63) is 69.8 Å². The first-order valence-electron chi connectivity index (χ1n) is 12.5. The van der Waals surface area contributed by atoms with Crippen LogP contribution in [0.25, 0.3) is 22.2 Å². The molecule has 8 nitrogen and oxygen atoms in total. The average Bonchev–Trinajstić information content (AvgIpc) is 3.37. The van der Waals surface area contributed by atoms with Crippen molar-refractivity contribution in [1.29, 1.82) is 0 Å². The molecule has 0 aliphatic carbocycles. The summed E-state index contributed by atoms with van der Waals surface area (Å²) in [5, 5.41) is 7.15. The van der Waals surface area contributed by atoms with Crippen LogP contribution in [-0.2, 0) is 28.0 Å². The van der Waals surface area contributed by atoms with Crippen LogP contribution in [0.1, 0.15) is 55.0 Å². The highest BCUT2D eigenvalue weighted by Crippen LogP contribution is 2.42. The monoisotopic (exact) mass is 537 g/mol. The van der Waals surface area contributed by atoms with Gasteiger partial charge in [-0.15, -0.1) is 0 Å². The molecule has 1 aromatic carbocycles. The van der Waals surface area contributed by atoms with Gasteiger partial charge in [0.1, 0.15) is 5.65 Å². The molecule has 0 aliphatic heterocycles. The lowest BCUT2D eigenvalue weighted by atomic mass is 9.90. The van der Waals surface area contributed by atoms with Crippen LogP contribution < -0.4 is 0 Å². The van der Waals surface area contributed by atoms with E-state index in [2.05, 4.69) is 23.5 Å². The number of benzene rings is 1. The Hall–Kier alpha value is -3.20. The van der Waals surface area contributed by atoms with Crippen molar-refractivity contribution < 1.29 is 14.4 Å². The van der Waals surface area contributed by atoms with Crippen molar-refractivity contribution in [2.75, 3.05) is 14.2 Å². The maximum absolute atomic E-state index is 13.7. The molecule has 0 saturated heterocycles. The van der Waals surface area contributed by atoms with E-state index in [0.29, 0.717) is 22.8 Å². The minimum Gasteiger partial charge on any atom is -0.358 e. The van der Waals surface area contributed by atoms with E-state index < -0.39 is 11.7 Å². The van der Waals surface area contributed by atoms with E-state index in [0.717, 1.165) is 39.0 Å². The number of aryl methyl sites for hydroxylation is 3. The van der Waals surface area contributed by atoms with Gasteiger partial charge in [0, 0.05) is 58.8 Å². The number of nitrogens with zero attached hydrogens (tertiary/aromatic N) is 5. The van der Waals surface area contributed by atoms with Crippen LogP contribution in [-0.4, -0.2) is 50.1 Å². The normalized spacial score (nSPS) is 12.8. The van der Waals surface area contributed by atoms with Crippen molar-refractivity contribution in [1.82, 2.24) is 24.4 Å². The fourth-order valence-electron chi connectivity index (χ4n) is 4.80. The lowest BCUT2D eigenvalue weighted by Crippen LogP contribution is -2.36. The number of carbonyl (C=O) groups is 1. The minimum absolute atomic E-state index is 0.314. The number of aromatic nitrogens is 4. The Morgan fingerprint density at radius 1 is 1.16 bits per heavy atom. The number of pyridine rings is 1. The molecule has 4 rings (SSSR count). The van der Waals surface area contributed by atoms with Gasteiger partial charge in [-0.05, 0) is 64.8 Å². The van der Waals surface area contributed by atoms with Gasteiger partial charge < -0.3 is 9.30 Å². The van der Waals surface area contributed by atoms with Crippen LogP contribution in [0.5, 0.6) is 0 Å². The molecule has 38 heavy (non-hydrogen) atoms. The van der Waals surface area contributed by atoms with E-state index in [1.165, 1.54) is 12.2 Å². The van der Waals surface area contributed by atoms with E-state index >= 15 is 0 Å².